The van der Waals surface area contributed by atoms with Gasteiger partial charge < -0.3 is 4.74 Å². The van der Waals surface area contributed by atoms with E-state index in [0.717, 1.165) is 17.7 Å². The van der Waals surface area contributed by atoms with Crippen molar-refractivity contribution in [3.63, 3.8) is 0 Å². The van der Waals surface area contributed by atoms with Crippen LogP contribution in [0, 0.1) is 23.3 Å². The molecule has 36 heavy (non-hydrogen) atoms. The minimum atomic E-state index is -1.47. The first-order valence-corrected chi connectivity index (χ1v) is 11.2. The molecule has 0 aliphatic rings. The molecule has 3 rings (SSSR count). The monoisotopic (exact) mass is 508 g/mol. The van der Waals surface area contributed by atoms with Gasteiger partial charge in [0.15, 0.2) is 23.2 Å². The summed E-state index contributed by atoms with van der Waals surface area (Å²) < 4.78 is 102. The van der Waals surface area contributed by atoms with Gasteiger partial charge in [0.2, 0.25) is 6.86 Å². The number of allylic oxidation sites excluding steroid dienone is 3. The van der Waals surface area contributed by atoms with E-state index in [1.165, 1.54) is 12.1 Å². The van der Waals surface area contributed by atoms with Crippen LogP contribution in [0.1, 0.15) is 36.5 Å². The topological polar surface area (TPSA) is 9.23 Å². The molecule has 0 fully saturated rings. The van der Waals surface area contributed by atoms with E-state index < -0.39 is 58.7 Å². The van der Waals surface area contributed by atoms with E-state index in [-0.39, 0.29) is 24.0 Å². The zero-order chi connectivity index (χ0) is 26.2. The van der Waals surface area contributed by atoms with E-state index >= 15 is 0 Å². The second kappa shape index (κ2) is 12.4. The molecule has 0 spiro atoms. The van der Waals surface area contributed by atoms with Gasteiger partial charge >= 0.3 is 0 Å². The van der Waals surface area contributed by atoms with Gasteiger partial charge in [-0.15, -0.1) is 0 Å². The molecule has 0 heterocycles. The minimum Gasteiger partial charge on any atom is -0.457 e. The van der Waals surface area contributed by atoms with Crippen LogP contribution in [0.15, 0.2) is 66.5 Å². The Labute approximate surface area is 204 Å². The summed E-state index contributed by atoms with van der Waals surface area (Å²) in [4.78, 5) is 0. The van der Waals surface area contributed by atoms with Crippen LogP contribution in [0.5, 0.6) is 5.75 Å². The van der Waals surface area contributed by atoms with Crippen LogP contribution in [0.3, 0.4) is 0 Å². The van der Waals surface area contributed by atoms with E-state index in [0.29, 0.717) is 25.0 Å². The number of rotatable bonds is 10. The van der Waals surface area contributed by atoms with Gasteiger partial charge in [0, 0.05) is 12.0 Å². The summed E-state index contributed by atoms with van der Waals surface area (Å²) in [6, 6.07) is 9.49. The maximum atomic E-state index is 14.7. The lowest BCUT2D eigenvalue weighted by molar-refractivity contribution is 0.176. The maximum Gasteiger partial charge on any atom is 0.228 e. The molecule has 0 atom stereocenters. The highest BCUT2D eigenvalue weighted by Crippen LogP contribution is 2.33. The Hall–Kier alpha value is -3.55. The van der Waals surface area contributed by atoms with Crippen molar-refractivity contribution < 1.29 is 35.5 Å². The third-order valence-electron chi connectivity index (χ3n) is 5.50. The lowest BCUT2D eigenvalue weighted by atomic mass is 9.98. The highest BCUT2D eigenvalue weighted by atomic mass is 19.2. The Morgan fingerprint density at radius 1 is 0.806 bits per heavy atom. The molecule has 1 nitrogen and oxygen atoms in total. The van der Waals surface area contributed by atoms with Crippen molar-refractivity contribution in [1.29, 1.82) is 0 Å². The highest BCUT2D eigenvalue weighted by molar-refractivity contribution is 5.66. The van der Waals surface area contributed by atoms with Crippen LogP contribution >= 0.6 is 0 Å². The van der Waals surface area contributed by atoms with Gasteiger partial charge in [-0.3, -0.25) is 0 Å². The average Bonchev–Trinajstić information content (AvgIpc) is 2.84. The van der Waals surface area contributed by atoms with Crippen molar-refractivity contribution in [1.82, 2.24) is 0 Å². The summed E-state index contributed by atoms with van der Waals surface area (Å²) in [5.74, 6) is -7.38. The molecular weight excluding hydrogens is 485 g/mol. The predicted molar refractivity (Wildman–Crippen MR) is 125 cm³/mol. The van der Waals surface area contributed by atoms with E-state index in [9.17, 15) is 30.7 Å². The number of hydrogen-bond acceptors (Lipinski definition) is 1. The van der Waals surface area contributed by atoms with Crippen molar-refractivity contribution in [3.05, 3.63) is 106 Å². The van der Waals surface area contributed by atoms with E-state index in [2.05, 4.69) is 4.74 Å². The Bertz CT molecular complexity index is 1220. The molecule has 0 aliphatic carbocycles. The Morgan fingerprint density at radius 2 is 1.39 bits per heavy atom. The lowest BCUT2D eigenvalue weighted by Gasteiger charge is -2.11. The molecule has 0 unspecified atom stereocenters. The van der Waals surface area contributed by atoms with Crippen LogP contribution < -0.4 is 4.74 Å². The molecule has 0 aromatic heterocycles. The van der Waals surface area contributed by atoms with Crippen LogP contribution in [-0.2, 0) is 12.8 Å². The zero-order valence-electron chi connectivity index (χ0n) is 19.4. The fourth-order valence-corrected chi connectivity index (χ4v) is 3.69. The van der Waals surface area contributed by atoms with Crippen LogP contribution in [0.25, 0.3) is 17.0 Å². The first kappa shape index (κ1) is 27.0. The largest absolute Gasteiger partial charge is 0.457 e. The lowest BCUT2D eigenvalue weighted by Crippen LogP contribution is -2.00. The maximum absolute atomic E-state index is 14.7. The van der Waals surface area contributed by atoms with Crippen LogP contribution in [0.2, 0.25) is 0 Å². The second-order valence-corrected chi connectivity index (χ2v) is 7.98. The molecule has 0 saturated heterocycles. The standard InChI is InChI=1S/C28H23F7O/c1-2-3-4-5-21(30)27(35)19-10-8-17(9-11-19)6-7-18-12-22(31)26(23(32)13-18)20-14-24(33)28(36-16-29)25(34)15-20/h2-3,8-15H,4-7,16H2,1H3. The molecule has 0 N–H and O–H groups in total. The average molecular weight is 508 g/mol. The Kier molecular flexibility index (Phi) is 9.33. The van der Waals surface area contributed by atoms with Gasteiger partial charge in [-0.05, 0) is 67.1 Å². The summed E-state index contributed by atoms with van der Waals surface area (Å²) in [5.41, 5.74) is 0.0870. The fourth-order valence-electron chi connectivity index (χ4n) is 3.69. The normalized spacial score (nSPS) is 12.2. The third-order valence-corrected chi connectivity index (χ3v) is 5.50. The van der Waals surface area contributed by atoms with Gasteiger partial charge in [-0.25, -0.2) is 30.7 Å². The number of hydrogen-bond donors (Lipinski definition) is 0. The predicted octanol–water partition coefficient (Wildman–Crippen LogP) is 8.96. The molecule has 0 radical (unpaired) electrons. The van der Waals surface area contributed by atoms with Crippen molar-refractivity contribution in [3.8, 4) is 16.9 Å². The van der Waals surface area contributed by atoms with E-state index in [1.807, 2.05) is 0 Å². The zero-order valence-corrected chi connectivity index (χ0v) is 19.4. The number of benzene rings is 3. The van der Waals surface area contributed by atoms with Gasteiger partial charge in [0.05, 0.1) is 5.56 Å². The molecule has 3 aromatic carbocycles. The Morgan fingerprint density at radius 3 is 1.94 bits per heavy atom. The van der Waals surface area contributed by atoms with E-state index in [1.54, 1.807) is 31.2 Å². The second-order valence-electron chi connectivity index (χ2n) is 7.98. The summed E-state index contributed by atoms with van der Waals surface area (Å²) in [7, 11) is 0. The van der Waals surface area contributed by atoms with Gasteiger partial charge in [0.25, 0.3) is 0 Å². The number of alkyl halides is 1. The van der Waals surface area contributed by atoms with E-state index in [4.69, 9.17) is 0 Å². The number of ether oxygens (including phenoxy) is 1. The van der Waals surface area contributed by atoms with Crippen LogP contribution in [-0.4, -0.2) is 6.86 Å². The van der Waals surface area contributed by atoms with Crippen LogP contribution in [0.4, 0.5) is 30.7 Å². The molecular formula is C28H23F7O. The summed E-state index contributed by atoms with van der Waals surface area (Å²) in [5, 5.41) is 0. The van der Waals surface area contributed by atoms with Crippen molar-refractivity contribution in [2.24, 2.45) is 0 Å². The molecule has 0 aliphatic heterocycles. The fraction of sp³-hybridized carbons (Fsp3) is 0.214. The minimum absolute atomic E-state index is 0.0418. The summed E-state index contributed by atoms with van der Waals surface area (Å²) in [6.07, 6.45) is 4.42. The molecule has 3 aromatic rings. The number of aryl methyl sites for hydroxylation is 2. The van der Waals surface area contributed by atoms with Crippen molar-refractivity contribution in [2.75, 3.05) is 6.86 Å². The quantitative estimate of drug-likeness (QED) is 0.196. The highest BCUT2D eigenvalue weighted by Gasteiger charge is 2.19. The first-order valence-electron chi connectivity index (χ1n) is 11.2. The summed E-state index contributed by atoms with van der Waals surface area (Å²) in [6.45, 7) is 0.328. The molecule has 190 valence electrons. The smallest absolute Gasteiger partial charge is 0.228 e. The van der Waals surface area contributed by atoms with Crippen molar-refractivity contribution >= 4 is 5.83 Å². The molecule has 0 bridgehead atoms. The molecule has 8 heteroatoms. The third kappa shape index (κ3) is 6.56. The Balaban J connectivity index is 1.73. The summed E-state index contributed by atoms with van der Waals surface area (Å²) >= 11 is 0. The van der Waals surface area contributed by atoms with Gasteiger partial charge in [-0.1, -0.05) is 36.4 Å². The van der Waals surface area contributed by atoms with Gasteiger partial charge in [-0.2, -0.15) is 0 Å². The number of halogens is 7. The van der Waals surface area contributed by atoms with Gasteiger partial charge in [0.1, 0.15) is 17.5 Å². The van der Waals surface area contributed by atoms with Crippen molar-refractivity contribution in [2.45, 2.75) is 32.6 Å². The SMILES string of the molecule is CC=CCCC(F)=C(F)c1ccc(CCc2cc(F)c(-c3cc(F)c(OCF)c(F)c3)c(F)c2)cc1. The first-order chi connectivity index (χ1) is 17.2. The molecule has 0 amide bonds. The molecule has 0 saturated carbocycles.